The van der Waals surface area contributed by atoms with E-state index in [-0.39, 0.29) is 5.78 Å². The summed E-state index contributed by atoms with van der Waals surface area (Å²) in [5.41, 5.74) is 2.31. The number of halogens is 1. The smallest absolute Gasteiger partial charge is 0.193 e. The Labute approximate surface area is 126 Å². The van der Waals surface area contributed by atoms with Gasteiger partial charge in [-0.3, -0.25) is 4.79 Å². The van der Waals surface area contributed by atoms with E-state index in [1.807, 2.05) is 23.6 Å². The van der Waals surface area contributed by atoms with Crippen molar-refractivity contribution in [2.24, 2.45) is 0 Å². The van der Waals surface area contributed by atoms with E-state index in [0.717, 1.165) is 21.6 Å². The van der Waals surface area contributed by atoms with Crippen LogP contribution < -0.4 is 4.90 Å². The lowest BCUT2D eigenvalue weighted by molar-refractivity contribution is 0.100. The van der Waals surface area contributed by atoms with E-state index in [1.165, 1.54) is 16.9 Å². The van der Waals surface area contributed by atoms with Gasteiger partial charge in [0.25, 0.3) is 0 Å². The van der Waals surface area contributed by atoms with E-state index in [1.54, 1.807) is 0 Å². The van der Waals surface area contributed by atoms with E-state index in [9.17, 15) is 4.79 Å². The Hall–Kier alpha value is -1.13. The predicted molar refractivity (Wildman–Crippen MR) is 85.4 cm³/mol. The minimum atomic E-state index is 0.158. The average molecular weight is 338 g/mol. The fraction of sp³-hybridized carbons (Fsp3) is 0.267. The van der Waals surface area contributed by atoms with Gasteiger partial charge in [-0.25, -0.2) is 0 Å². The minimum absolute atomic E-state index is 0.158. The second kappa shape index (κ2) is 6.35. The SMILES string of the molecule is CCN(CC(=O)c1sccc1Br)c1cccc(C)c1. The molecule has 100 valence electrons. The summed E-state index contributed by atoms with van der Waals surface area (Å²) in [5, 5.41) is 1.93. The molecule has 0 amide bonds. The average Bonchev–Trinajstić information content (AvgIpc) is 2.82. The summed E-state index contributed by atoms with van der Waals surface area (Å²) in [4.78, 5) is 15.2. The van der Waals surface area contributed by atoms with Crippen LogP contribution in [-0.2, 0) is 0 Å². The Bertz CT molecular complexity index is 579. The third kappa shape index (κ3) is 3.45. The molecule has 0 saturated carbocycles. The molecule has 0 bridgehead atoms. The third-order valence-corrected chi connectivity index (χ3v) is 4.83. The van der Waals surface area contributed by atoms with Crippen LogP contribution in [0.3, 0.4) is 0 Å². The molecule has 0 spiro atoms. The fourth-order valence-electron chi connectivity index (χ4n) is 1.95. The first-order valence-corrected chi connectivity index (χ1v) is 7.87. The summed E-state index contributed by atoms with van der Waals surface area (Å²) >= 11 is 4.90. The highest BCUT2D eigenvalue weighted by molar-refractivity contribution is 9.10. The predicted octanol–water partition coefficient (Wildman–Crippen LogP) is 4.53. The number of benzene rings is 1. The summed E-state index contributed by atoms with van der Waals surface area (Å²) in [6.45, 7) is 5.37. The van der Waals surface area contributed by atoms with E-state index in [2.05, 4.69) is 46.8 Å². The van der Waals surface area contributed by atoms with Crippen LogP contribution in [0.2, 0.25) is 0 Å². The molecule has 0 fully saturated rings. The Morgan fingerprint density at radius 2 is 2.16 bits per heavy atom. The molecule has 0 aliphatic carbocycles. The van der Waals surface area contributed by atoms with E-state index >= 15 is 0 Å². The van der Waals surface area contributed by atoms with Gasteiger partial charge in [0, 0.05) is 16.7 Å². The number of aryl methyl sites for hydroxylation is 1. The molecule has 0 unspecified atom stereocenters. The summed E-state index contributed by atoms with van der Waals surface area (Å²) in [7, 11) is 0. The van der Waals surface area contributed by atoms with Gasteiger partial charge in [-0.15, -0.1) is 11.3 Å². The highest BCUT2D eigenvalue weighted by Gasteiger charge is 2.15. The first kappa shape index (κ1) is 14.3. The standard InChI is InChI=1S/C15H16BrNOS/c1-3-17(12-6-4-5-11(2)9-12)10-14(18)15-13(16)7-8-19-15/h4-9H,3,10H2,1-2H3. The van der Waals surface area contributed by atoms with Crippen molar-refractivity contribution in [2.75, 3.05) is 18.0 Å². The molecule has 1 heterocycles. The van der Waals surface area contributed by atoms with E-state index in [0.29, 0.717) is 6.54 Å². The van der Waals surface area contributed by atoms with Gasteiger partial charge >= 0.3 is 0 Å². The van der Waals surface area contributed by atoms with Crippen molar-refractivity contribution in [3.05, 3.63) is 50.6 Å². The van der Waals surface area contributed by atoms with Gasteiger partial charge in [0.1, 0.15) is 0 Å². The van der Waals surface area contributed by atoms with Gasteiger partial charge in [0.15, 0.2) is 5.78 Å². The molecule has 2 aromatic rings. The van der Waals surface area contributed by atoms with Crippen LogP contribution in [0.4, 0.5) is 5.69 Å². The van der Waals surface area contributed by atoms with Crippen LogP contribution in [0.5, 0.6) is 0 Å². The maximum Gasteiger partial charge on any atom is 0.193 e. The Balaban J connectivity index is 2.16. The number of carbonyl (C=O) groups excluding carboxylic acids is 1. The van der Waals surface area contributed by atoms with Crippen molar-refractivity contribution in [3.8, 4) is 0 Å². The van der Waals surface area contributed by atoms with Gasteiger partial charge < -0.3 is 4.90 Å². The highest BCUT2D eigenvalue weighted by Crippen LogP contribution is 2.24. The second-order valence-electron chi connectivity index (χ2n) is 4.37. The molecule has 1 aromatic carbocycles. The van der Waals surface area contributed by atoms with Crippen LogP contribution in [0, 0.1) is 6.92 Å². The van der Waals surface area contributed by atoms with Gasteiger partial charge in [0.2, 0.25) is 0 Å². The topological polar surface area (TPSA) is 20.3 Å². The molecular weight excluding hydrogens is 322 g/mol. The lowest BCUT2D eigenvalue weighted by atomic mass is 10.2. The lowest BCUT2D eigenvalue weighted by Gasteiger charge is -2.22. The van der Waals surface area contributed by atoms with Crippen LogP contribution >= 0.6 is 27.3 Å². The van der Waals surface area contributed by atoms with Crippen molar-refractivity contribution in [2.45, 2.75) is 13.8 Å². The number of anilines is 1. The fourth-order valence-corrected chi connectivity index (χ4v) is 3.47. The monoisotopic (exact) mass is 337 g/mol. The van der Waals surface area contributed by atoms with Crippen molar-refractivity contribution in [1.29, 1.82) is 0 Å². The van der Waals surface area contributed by atoms with Crippen molar-refractivity contribution in [1.82, 2.24) is 0 Å². The van der Waals surface area contributed by atoms with Crippen LogP contribution in [0.1, 0.15) is 22.2 Å². The highest BCUT2D eigenvalue weighted by atomic mass is 79.9. The number of nitrogens with zero attached hydrogens (tertiary/aromatic N) is 1. The number of Topliss-reactive ketones (excluding diaryl/α,β-unsaturated/α-hetero) is 1. The first-order valence-electron chi connectivity index (χ1n) is 6.19. The molecule has 0 atom stereocenters. The Morgan fingerprint density at radius 1 is 1.37 bits per heavy atom. The van der Waals surface area contributed by atoms with Crippen LogP contribution in [0.25, 0.3) is 0 Å². The zero-order chi connectivity index (χ0) is 13.8. The molecule has 0 aliphatic rings. The molecule has 0 saturated heterocycles. The van der Waals surface area contributed by atoms with Crippen molar-refractivity contribution < 1.29 is 4.79 Å². The van der Waals surface area contributed by atoms with E-state index in [4.69, 9.17) is 0 Å². The number of thiophene rings is 1. The van der Waals surface area contributed by atoms with Crippen molar-refractivity contribution in [3.63, 3.8) is 0 Å². The van der Waals surface area contributed by atoms with Crippen molar-refractivity contribution >= 4 is 38.7 Å². The third-order valence-electron chi connectivity index (χ3n) is 2.95. The lowest BCUT2D eigenvalue weighted by Crippen LogP contribution is -2.29. The summed E-state index contributed by atoms with van der Waals surface area (Å²) in [5.74, 6) is 0.158. The maximum absolute atomic E-state index is 12.3. The zero-order valence-electron chi connectivity index (χ0n) is 11.0. The minimum Gasteiger partial charge on any atom is -0.364 e. The molecular formula is C15H16BrNOS. The maximum atomic E-state index is 12.3. The van der Waals surface area contributed by atoms with Crippen LogP contribution in [-0.4, -0.2) is 18.9 Å². The van der Waals surface area contributed by atoms with Gasteiger partial charge in [-0.05, 0) is 58.9 Å². The molecule has 2 nitrogen and oxygen atoms in total. The summed E-state index contributed by atoms with van der Waals surface area (Å²) < 4.78 is 0.891. The number of hydrogen-bond donors (Lipinski definition) is 0. The molecule has 4 heteroatoms. The summed E-state index contributed by atoms with van der Waals surface area (Å²) in [6, 6.07) is 10.2. The number of hydrogen-bond acceptors (Lipinski definition) is 3. The molecule has 2 rings (SSSR count). The second-order valence-corrected chi connectivity index (χ2v) is 6.14. The largest absolute Gasteiger partial charge is 0.364 e. The molecule has 0 N–H and O–H groups in total. The van der Waals surface area contributed by atoms with E-state index < -0.39 is 0 Å². The van der Waals surface area contributed by atoms with Gasteiger partial charge in [-0.1, -0.05) is 12.1 Å². The molecule has 0 radical (unpaired) electrons. The molecule has 19 heavy (non-hydrogen) atoms. The Kier molecular flexibility index (Phi) is 4.77. The first-order chi connectivity index (χ1) is 9.11. The number of ketones is 1. The number of rotatable bonds is 5. The zero-order valence-corrected chi connectivity index (χ0v) is 13.4. The number of likely N-dealkylation sites (N-methyl/N-ethyl adjacent to an activating group) is 1. The molecule has 1 aromatic heterocycles. The normalized spacial score (nSPS) is 10.5. The van der Waals surface area contributed by atoms with Gasteiger partial charge in [0.05, 0.1) is 11.4 Å². The quantitative estimate of drug-likeness (QED) is 0.747. The van der Waals surface area contributed by atoms with Gasteiger partial charge in [-0.2, -0.15) is 0 Å². The number of carbonyl (C=O) groups is 1. The summed E-state index contributed by atoms with van der Waals surface area (Å²) in [6.07, 6.45) is 0. The van der Waals surface area contributed by atoms with Crippen LogP contribution in [0.15, 0.2) is 40.2 Å². The Morgan fingerprint density at radius 3 is 2.74 bits per heavy atom. The molecule has 0 aliphatic heterocycles.